The molecule has 2 saturated carbocycles. The van der Waals surface area contributed by atoms with Gasteiger partial charge in [-0.05, 0) is 42.9 Å². The molecule has 1 heteroatoms. The van der Waals surface area contributed by atoms with E-state index in [4.69, 9.17) is 5.11 Å². The monoisotopic (exact) mass is 140 g/mol. The Balaban J connectivity index is 2.10. The van der Waals surface area contributed by atoms with Crippen LogP contribution >= 0.6 is 0 Å². The molecule has 0 saturated heterocycles. The van der Waals surface area contributed by atoms with Gasteiger partial charge in [0, 0.05) is 6.61 Å². The Morgan fingerprint density at radius 2 is 2.00 bits per heavy atom. The third-order valence-electron chi connectivity index (χ3n) is 3.75. The van der Waals surface area contributed by atoms with Gasteiger partial charge in [-0.1, -0.05) is 6.92 Å². The minimum Gasteiger partial charge on any atom is -0.396 e. The Hall–Kier alpha value is -0.0400. The molecule has 1 N–H and O–H groups in total. The van der Waals surface area contributed by atoms with Crippen LogP contribution in [0.4, 0.5) is 0 Å². The molecule has 2 fully saturated rings. The number of hydrogen-bond donors (Lipinski definition) is 1. The van der Waals surface area contributed by atoms with Gasteiger partial charge in [-0.2, -0.15) is 0 Å². The highest BCUT2D eigenvalue weighted by Crippen LogP contribution is 2.51. The summed E-state index contributed by atoms with van der Waals surface area (Å²) in [7, 11) is 0. The van der Waals surface area contributed by atoms with Crippen molar-refractivity contribution in [3.05, 3.63) is 0 Å². The van der Waals surface area contributed by atoms with E-state index in [-0.39, 0.29) is 0 Å². The highest BCUT2D eigenvalue weighted by Gasteiger charge is 2.44. The molecule has 2 rings (SSSR count). The molecule has 0 unspecified atom stereocenters. The Morgan fingerprint density at radius 1 is 1.30 bits per heavy atom. The van der Waals surface area contributed by atoms with Crippen LogP contribution in [-0.2, 0) is 0 Å². The molecule has 10 heavy (non-hydrogen) atoms. The van der Waals surface area contributed by atoms with Crippen LogP contribution in [0.3, 0.4) is 0 Å². The SMILES string of the molecule is C[C@@H]1[C@@H]2CC[C@@H](C2)[C@H]1CO. The normalized spacial score (nSPS) is 52.2. The molecular formula is C9H16O. The summed E-state index contributed by atoms with van der Waals surface area (Å²) in [6.45, 7) is 2.74. The highest BCUT2D eigenvalue weighted by molar-refractivity contribution is 4.93. The van der Waals surface area contributed by atoms with E-state index in [0.717, 1.165) is 17.8 Å². The van der Waals surface area contributed by atoms with Crippen molar-refractivity contribution >= 4 is 0 Å². The van der Waals surface area contributed by atoms with E-state index in [1.807, 2.05) is 0 Å². The maximum Gasteiger partial charge on any atom is 0.0464 e. The van der Waals surface area contributed by atoms with Gasteiger partial charge in [-0.3, -0.25) is 0 Å². The molecular weight excluding hydrogens is 124 g/mol. The summed E-state index contributed by atoms with van der Waals surface area (Å²) >= 11 is 0. The predicted octanol–water partition coefficient (Wildman–Crippen LogP) is 1.66. The molecule has 0 aromatic heterocycles. The predicted molar refractivity (Wildman–Crippen MR) is 40.6 cm³/mol. The maximum absolute atomic E-state index is 9.06. The van der Waals surface area contributed by atoms with Gasteiger partial charge in [0.05, 0.1) is 0 Å². The number of rotatable bonds is 1. The van der Waals surface area contributed by atoms with E-state index in [9.17, 15) is 0 Å². The summed E-state index contributed by atoms with van der Waals surface area (Å²) in [6.07, 6.45) is 4.23. The lowest BCUT2D eigenvalue weighted by Gasteiger charge is -2.25. The first-order chi connectivity index (χ1) is 4.83. The average molecular weight is 140 g/mol. The molecule has 2 aliphatic rings. The largest absolute Gasteiger partial charge is 0.396 e. The van der Waals surface area contributed by atoms with Gasteiger partial charge in [0.2, 0.25) is 0 Å². The lowest BCUT2D eigenvalue weighted by Crippen LogP contribution is -2.22. The molecule has 2 aliphatic carbocycles. The minimum atomic E-state index is 0.433. The molecule has 0 amide bonds. The van der Waals surface area contributed by atoms with Gasteiger partial charge in [0.15, 0.2) is 0 Å². The smallest absolute Gasteiger partial charge is 0.0464 e. The third kappa shape index (κ3) is 0.731. The van der Waals surface area contributed by atoms with Gasteiger partial charge >= 0.3 is 0 Å². The summed E-state index contributed by atoms with van der Waals surface area (Å²) in [4.78, 5) is 0. The zero-order valence-corrected chi connectivity index (χ0v) is 6.59. The van der Waals surface area contributed by atoms with Crippen molar-refractivity contribution < 1.29 is 5.11 Å². The Bertz CT molecular complexity index is 131. The first-order valence-corrected chi connectivity index (χ1v) is 4.43. The van der Waals surface area contributed by atoms with Crippen molar-refractivity contribution in [1.82, 2.24) is 0 Å². The Morgan fingerprint density at radius 3 is 2.40 bits per heavy atom. The topological polar surface area (TPSA) is 20.2 Å². The van der Waals surface area contributed by atoms with Gasteiger partial charge in [0.1, 0.15) is 0 Å². The Labute approximate surface area is 62.4 Å². The third-order valence-corrected chi connectivity index (χ3v) is 3.75. The standard InChI is InChI=1S/C9H16O/c1-6-7-2-3-8(4-7)9(6)5-10/h6-10H,2-5H2,1H3/t6-,7-,8+,9+/m1/s1. The zero-order chi connectivity index (χ0) is 7.14. The quantitative estimate of drug-likeness (QED) is 0.587. The average Bonchev–Trinajstić information content (AvgIpc) is 2.46. The van der Waals surface area contributed by atoms with E-state index in [0.29, 0.717) is 12.5 Å². The molecule has 0 aromatic carbocycles. The Kier molecular flexibility index (Phi) is 1.48. The molecule has 2 bridgehead atoms. The second-order valence-corrected chi connectivity index (χ2v) is 4.04. The van der Waals surface area contributed by atoms with E-state index >= 15 is 0 Å². The van der Waals surface area contributed by atoms with Crippen LogP contribution in [0, 0.1) is 23.7 Å². The fraction of sp³-hybridized carbons (Fsp3) is 1.00. The summed E-state index contributed by atoms with van der Waals surface area (Å²) in [5, 5.41) is 9.06. The number of hydrogen-bond acceptors (Lipinski definition) is 1. The summed E-state index contributed by atoms with van der Waals surface area (Å²) in [6, 6.07) is 0. The van der Waals surface area contributed by atoms with Crippen LogP contribution in [0.15, 0.2) is 0 Å². The van der Waals surface area contributed by atoms with E-state index < -0.39 is 0 Å². The lowest BCUT2D eigenvalue weighted by atomic mass is 9.81. The molecule has 0 radical (unpaired) electrons. The van der Waals surface area contributed by atoms with E-state index in [1.54, 1.807) is 0 Å². The second kappa shape index (κ2) is 2.23. The summed E-state index contributed by atoms with van der Waals surface area (Å²) < 4.78 is 0. The lowest BCUT2D eigenvalue weighted by molar-refractivity contribution is 0.134. The van der Waals surface area contributed by atoms with Gasteiger partial charge in [-0.15, -0.1) is 0 Å². The number of fused-ring (bicyclic) bond motifs is 2. The molecule has 1 nitrogen and oxygen atoms in total. The molecule has 0 aliphatic heterocycles. The first kappa shape index (κ1) is 6.66. The van der Waals surface area contributed by atoms with Crippen molar-refractivity contribution in [2.45, 2.75) is 26.2 Å². The van der Waals surface area contributed by atoms with Crippen LogP contribution < -0.4 is 0 Å². The summed E-state index contributed by atoms with van der Waals surface area (Å²) in [5.74, 6) is 3.30. The van der Waals surface area contributed by atoms with Crippen LogP contribution in [0.25, 0.3) is 0 Å². The van der Waals surface area contributed by atoms with Crippen molar-refractivity contribution in [3.63, 3.8) is 0 Å². The zero-order valence-electron chi connectivity index (χ0n) is 6.59. The van der Waals surface area contributed by atoms with E-state index in [2.05, 4.69) is 6.92 Å². The molecule has 0 spiro atoms. The van der Waals surface area contributed by atoms with Gasteiger partial charge in [0.25, 0.3) is 0 Å². The van der Waals surface area contributed by atoms with Crippen molar-refractivity contribution in [3.8, 4) is 0 Å². The number of aliphatic hydroxyl groups is 1. The fourth-order valence-corrected chi connectivity index (χ4v) is 3.01. The first-order valence-electron chi connectivity index (χ1n) is 4.43. The van der Waals surface area contributed by atoms with Crippen molar-refractivity contribution in [2.75, 3.05) is 6.61 Å². The van der Waals surface area contributed by atoms with Crippen LogP contribution in [0.5, 0.6) is 0 Å². The molecule has 0 aromatic rings. The van der Waals surface area contributed by atoms with Crippen molar-refractivity contribution in [2.24, 2.45) is 23.7 Å². The van der Waals surface area contributed by atoms with Gasteiger partial charge < -0.3 is 5.11 Å². The highest BCUT2D eigenvalue weighted by atomic mass is 16.3. The fourth-order valence-electron chi connectivity index (χ4n) is 3.01. The van der Waals surface area contributed by atoms with Crippen LogP contribution in [0.1, 0.15) is 26.2 Å². The van der Waals surface area contributed by atoms with Gasteiger partial charge in [-0.25, -0.2) is 0 Å². The minimum absolute atomic E-state index is 0.433. The van der Waals surface area contributed by atoms with Crippen LogP contribution in [-0.4, -0.2) is 11.7 Å². The molecule has 4 atom stereocenters. The number of aliphatic hydroxyl groups excluding tert-OH is 1. The van der Waals surface area contributed by atoms with Crippen molar-refractivity contribution in [1.29, 1.82) is 0 Å². The molecule has 0 heterocycles. The molecule has 58 valence electrons. The van der Waals surface area contributed by atoms with Crippen LogP contribution in [0.2, 0.25) is 0 Å². The maximum atomic E-state index is 9.06. The van der Waals surface area contributed by atoms with E-state index in [1.165, 1.54) is 19.3 Å². The summed E-state index contributed by atoms with van der Waals surface area (Å²) in [5.41, 5.74) is 0. The second-order valence-electron chi connectivity index (χ2n) is 4.04.